The SMILES string of the molecule is O=C1CCC(N2Cc3c(CN4CCN(c5ccc(C(F)(F)F)cc5)CC4)cccc3C2=S)C(=O)N1. The van der Waals surface area contributed by atoms with Crippen molar-refractivity contribution in [3.63, 3.8) is 0 Å². The molecule has 3 aliphatic heterocycles. The third kappa shape index (κ3) is 4.77. The van der Waals surface area contributed by atoms with Crippen LogP contribution in [0.25, 0.3) is 0 Å². The van der Waals surface area contributed by atoms with Gasteiger partial charge in [-0.3, -0.25) is 19.8 Å². The van der Waals surface area contributed by atoms with Crippen molar-refractivity contribution in [2.45, 2.75) is 38.1 Å². The van der Waals surface area contributed by atoms with E-state index in [0.717, 1.165) is 67.2 Å². The molecule has 0 aliphatic carbocycles. The van der Waals surface area contributed by atoms with E-state index in [1.807, 2.05) is 17.0 Å². The average molecular weight is 503 g/mol. The third-order valence-electron chi connectivity index (χ3n) is 7.01. The number of halogens is 3. The minimum Gasteiger partial charge on any atom is -0.369 e. The summed E-state index contributed by atoms with van der Waals surface area (Å²) in [6, 6.07) is 10.9. The Morgan fingerprint density at radius 3 is 2.37 bits per heavy atom. The van der Waals surface area contributed by atoms with Crippen LogP contribution in [0.5, 0.6) is 0 Å². The maximum atomic E-state index is 12.8. The highest BCUT2D eigenvalue weighted by molar-refractivity contribution is 7.80. The number of anilines is 1. The quantitative estimate of drug-likeness (QED) is 0.512. The summed E-state index contributed by atoms with van der Waals surface area (Å²) in [6.07, 6.45) is -3.56. The molecular weight excluding hydrogens is 477 g/mol. The first-order valence-electron chi connectivity index (χ1n) is 11.6. The van der Waals surface area contributed by atoms with Gasteiger partial charge in [-0.1, -0.05) is 30.4 Å². The van der Waals surface area contributed by atoms with Crippen LogP contribution in [-0.4, -0.2) is 58.8 Å². The van der Waals surface area contributed by atoms with Crippen LogP contribution in [0, 0.1) is 0 Å². The number of rotatable bonds is 4. The number of imide groups is 1. The van der Waals surface area contributed by atoms with Crippen molar-refractivity contribution in [3.8, 4) is 0 Å². The Kier molecular flexibility index (Phi) is 6.27. The van der Waals surface area contributed by atoms with Crippen molar-refractivity contribution in [2.75, 3.05) is 31.1 Å². The molecule has 2 fully saturated rings. The number of piperazine rings is 1. The molecule has 2 aromatic rings. The molecule has 0 bridgehead atoms. The molecule has 184 valence electrons. The fraction of sp³-hybridized carbons (Fsp3) is 0.400. The molecule has 10 heteroatoms. The molecule has 1 unspecified atom stereocenters. The summed E-state index contributed by atoms with van der Waals surface area (Å²) >= 11 is 5.69. The lowest BCUT2D eigenvalue weighted by atomic mass is 10.0. The van der Waals surface area contributed by atoms with Gasteiger partial charge in [0.05, 0.1) is 5.56 Å². The van der Waals surface area contributed by atoms with Crippen molar-refractivity contribution in [1.29, 1.82) is 0 Å². The molecule has 5 rings (SSSR count). The lowest BCUT2D eigenvalue weighted by Gasteiger charge is -2.36. The molecule has 1 N–H and O–H groups in total. The Morgan fingerprint density at radius 1 is 1.00 bits per heavy atom. The van der Waals surface area contributed by atoms with E-state index in [0.29, 0.717) is 24.4 Å². The predicted molar refractivity (Wildman–Crippen MR) is 129 cm³/mol. The minimum atomic E-state index is -4.33. The molecule has 0 saturated carbocycles. The normalized spacial score (nSPS) is 21.3. The van der Waals surface area contributed by atoms with Gasteiger partial charge in [-0.15, -0.1) is 0 Å². The molecule has 2 aromatic carbocycles. The van der Waals surface area contributed by atoms with E-state index >= 15 is 0 Å². The number of hydrogen-bond acceptors (Lipinski definition) is 5. The summed E-state index contributed by atoms with van der Waals surface area (Å²) in [5, 5.41) is 2.41. The Bertz CT molecular complexity index is 1160. The van der Waals surface area contributed by atoms with Crippen molar-refractivity contribution in [3.05, 3.63) is 64.7 Å². The Hall–Kier alpha value is -2.98. The van der Waals surface area contributed by atoms with Crippen molar-refractivity contribution < 1.29 is 22.8 Å². The van der Waals surface area contributed by atoms with Gasteiger partial charge in [0.15, 0.2) is 0 Å². The number of fused-ring (bicyclic) bond motifs is 1. The van der Waals surface area contributed by atoms with E-state index in [1.165, 1.54) is 12.1 Å². The maximum Gasteiger partial charge on any atom is 0.416 e. The fourth-order valence-corrected chi connectivity index (χ4v) is 5.45. The first-order valence-corrected chi connectivity index (χ1v) is 12.0. The number of carbonyl (C=O) groups is 2. The summed E-state index contributed by atoms with van der Waals surface area (Å²) < 4.78 is 38.5. The second kappa shape index (κ2) is 9.23. The van der Waals surface area contributed by atoms with Gasteiger partial charge in [-0.05, 0) is 41.8 Å². The number of thiocarbonyl (C=S) groups is 1. The van der Waals surface area contributed by atoms with Crippen LogP contribution in [0.2, 0.25) is 0 Å². The van der Waals surface area contributed by atoms with Crippen LogP contribution in [-0.2, 0) is 28.9 Å². The lowest BCUT2D eigenvalue weighted by Crippen LogP contribution is -2.52. The molecule has 6 nitrogen and oxygen atoms in total. The van der Waals surface area contributed by atoms with E-state index in [9.17, 15) is 22.8 Å². The smallest absolute Gasteiger partial charge is 0.369 e. The number of nitrogens with one attached hydrogen (secondary N) is 1. The Morgan fingerprint density at radius 2 is 1.71 bits per heavy atom. The Balaban J connectivity index is 1.23. The van der Waals surface area contributed by atoms with Gasteiger partial charge in [0.1, 0.15) is 11.0 Å². The van der Waals surface area contributed by atoms with Gasteiger partial charge in [0, 0.05) is 56.9 Å². The first kappa shape index (κ1) is 23.7. The second-order valence-electron chi connectivity index (χ2n) is 9.15. The molecule has 3 aliphatic rings. The highest BCUT2D eigenvalue weighted by Crippen LogP contribution is 2.32. The number of alkyl halides is 3. The average Bonchev–Trinajstić information content (AvgIpc) is 3.16. The molecule has 1 atom stereocenters. The summed E-state index contributed by atoms with van der Waals surface area (Å²) in [6.45, 7) is 4.29. The zero-order valence-electron chi connectivity index (χ0n) is 19.0. The summed E-state index contributed by atoms with van der Waals surface area (Å²) in [5.74, 6) is -0.539. The van der Waals surface area contributed by atoms with Crippen LogP contribution in [0.15, 0.2) is 42.5 Å². The molecule has 3 heterocycles. The molecule has 35 heavy (non-hydrogen) atoms. The van der Waals surface area contributed by atoms with Gasteiger partial charge in [-0.25, -0.2) is 0 Å². The zero-order valence-corrected chi connectivity index (χ0v) is 19.8. The lowest BCUT2D eigenvalue weighted by molar-refractivity contribution is -0.138. The van der Waals surface area contributed by atoms with E-state index in [2.05, 4.69) is 21.2 Å². The van der Waals surface area contributed by atoms with Crippen molar-refractivity contribution in [1.82, 2.24) is 15.1 Å². The number of hydrogen-bond donors (Lipinski definition) is 1. The molecule has 0 radical (unpaired) electrons. The summed E-state index contributed by atoms with van der Waals surface area (Å²) in [7, 11) is 0. The highest BCUT2D eigenvalue weighted by Gasteiger charge is 2.38. The largest absolute Gasteiger partial charge is 0.416 e. The Labute approximate surface area is 206 Å². The topological polar surface area (TPSA) is 55.9 Å². The minimum absolute atomic E-state index is 0.245. The van der Waals surface area contributed by atoms with Crippen LogP contribution < -0.4 is 10.2 Å². The van der Waals surface area contributed by atoms with E-state index < -0.39 is 17.8 Å². The van der Waals surface area contributed by atoms with E-state index in [-0.39, 0.29) is 11.8 Å². The number of amides is 2. The predicted octanol–water partition coefficient (Wildman–Crippen LogP) is 3.32. The van der Waals surface area contributed by atoms with Crippen LogP contribution in [0.1, 0.15) is 35.1 Å². The van der Waals surface area contributed by atoms with Gasteiger partial charge >= 0.3 is 6.18 Å². The van der Waals surface area contributed by atoms with E-state index in [4.69, 9.17) is 12.2 Å². The second-order valence-corrected chi connectivity index (χ2v) is 9.54. The standard InChI is InChI=1S/C25H25F3N4O2S/c26-25(27,28)17-4-6-18(7-5-17)31-12-10-30(11-13-31)14-16-2-1-3-19-20(16)15-32(24(19)35)21-8-9-22(33)29-23(21)34/h1-7,21H,8-15H2,(H,29,33,34). The molecule has 0 aromatic heterocycles. The molecular formula is C25H25F3N4O2S. The van der Waals surface area contributed by atoms with Crippen LogP contribution >= 0.6 is 12.2 Å². The van der Waals surface area contributed by atoms with Crippen molar-refractivity contribution in [2.24, 2.45) is 0 Å². The summed E-state index contributed by atoms with van der Waals surface area (Å²) in [5.41, 5.74) is 3.39. The van der Waals surface area contributed by atoms with Crippen molar-refractivity contribution >= 4 is 34.7 Å². The summed E-state index contributed by atoms with van der Waals surface area (Å²) in [4.78, 5) is 30.9. The molecule has 2 saturated heterocycles. The van der Waals surface area contributed by atoms with Gasteiger partial charge in [-0.2, -0.15) is 13.2 Å². The third-order valence-corrected chi connectivity index (χ3v) is 7.46. The fourth-order valence-electron chi connectivity index (χ4n) is 5.06. The van der Waals surface area contributed by atoms with E-state index in [1.54, 1.807) is 0 Å². The van der Waals surface area contributed by atoms with Gasteiger partial charge in [0.2, 0.25) is 11.8 Å². The molecule has 0 spiro atoms. The molecule has 2 amide bonds. The van der Waals surface area contributed by atoms with Crippen LogP contribution in [0.4, 0.5) is 18.9 Å². The maximum absolute atomic E-state index is 12.8. The van der Waals surface area contributed by atoms with Gasteiger partial charge < -0.3 is 9.80 Å². The van der Waals surface area contributed by atoms with Gasteiger partial charge in [0.25, 0.3) is 0 Å². The number of carbonyl (C=O) groups excluding carboxylic acids is 2. The number of benzene rings is 2. The monoisotopic (exact) mass is 502 g/mol. The highest BCUT2D eigenvalue weighted by atomic mass is 32.1. The zero-order chi connectivity index (χ0) is 24.7. The number of nitrogens with zero attached hydrogens (tertiary/aromatic N) is 3. The first-order chi connectivity index (χ1) is 16.7. The van der Waals surface area contributed by atoms with Crippen LogP contribution in [0.3, 0.4) is 0 Å². The number of piperidine rings is 1.